The van der Waals surface area contributed by atoms with Crippen LogP contribution in [0.25, 0.3) is 11.3 Å². The first-order chi connectivity index (χ1) is 23.0. The van der Waals surface area contributed by atoms with Crippen molar-refractivity contribution < 1.29 is 18.9 Å². The Bertz CT molecular complexity index is 1560. The summed E-state index contributed by atoms with van der Waals surface area (Å²) in [6.45, 7) is 8.24. The summed E-state index contributed by atoms with van der Waals surface area (Å²) in [5.74, 6) is 3.60. The van der Waals surface area contributed by atoms with E-state index in [-0.39, 0.29) is 6.04 Å². The minimum Gasteiger partial charge on any atom is -0.496 e. The molecular weight excluding hydrogens is 588 g/mol. The maximum absolute atomic E-state index is 5.92. The molecular formula is C39H50N4O4. The molecule has 250 valence electrons. The van der Waals surface area contributed by atoms with Gasteiger partial charge in [0.15, 0.2) is 11.5 Å². The number of rotatable bonds is 13. The smallest absolute Gasteiger partial charge is 0.203 e. The Morgan fingerprint density at radius 3 is 2.15 bits per heavy atom. The van der Waals surface area contributed by atoms with Crippen LogP contribution >= 0.6 is 0 Å². The summed E-state index contributed by atoms with van der Waals surface area (Å²) in [7, 11) is 6.74. The van der Waals surface area contributed by atoms with E-state index in [4.69, 9.17) is 23.9 Å². The Morgan fingerprint density at radius 2 is 1.53 bits per heavy atom. The standard InChI is InChI=1S/C39H50N4O4/c1-6-8-32-33(29-9-7-10-29)21-30(22-36(32)44-2)34-19-27(11-13-40-34)25-42-15-17-43(18-16-42)26-28-12-14-41-35(20-28)31-23-37(45-3)39(47-5)38(24-31)46-4/h11-14,19-24,29,35,41H,6-10,15-18,25-26H2,1-5H3. The summed E-state index contributed by atoms with van der Waals surface area (Å²) in [5.41, 5.74) is 8.75. The van der Waals surface area contributed by atoms with E-state index in [1.54, 1.807) is 28.4 Å². The average molecular weight is 639 g/mol. The van der Waals surface area contributed by atoms with E-state index in [0.717, 1.165) is 69.1 Å². The molecule has 2 aliphatic heterocycles. The lowest BCUT2D eigenvalue weighted by Crippen LogP contribution is -2.46. The van der Waals surface area contributed by atoms with Crippen molar-refractivity contribution in [1.82, 2.24) is 20.1 Å². The fourth-order valence-corrected chi connectivity index (χ4v) is 7.11. The van der Waals surface area contributed by atoms with E-state index in [1.165, 1.54) is 47.1 Å². The van der Waals surface area contributed by atoms with Gasteiger partial charge in [0.1, 0.15) is 5.75 Å². The summed E-state index contributed by atoms with van der Waals surface area (Å²) >= 11 is 0. The first kappa shape index (κ1) is 32.9. The predicted octanol–water partition coefficient (Wildman–Crippen LogP) is 6.91. The fraction of sp³-hybridized carbons (Fsp3) is 0.462. The third kappa shape index (κ3) is 7.44. The Labute approximate surface area is 280 Å². The summed E-state index contributed by atoms with van der Waals surface area (Å²) in [6.07, 6.45) is 14.6. The van der Waals surface area contributed by atoms with Crippen molar-refractivity contribution in [2.24, 2.45) is 0 Å². The molecule has 2 aromatic carbocycles. The molecule has 1 N–H and O–H groups in total. The van der Waals surface area contributed by atoms with Crippen molar-refractivity contribution in [2.45, 2.75) is 57.5 Å². The number of hydrogen-bond acceptors (Lipinski definition) is 8. The topological polar surface area (TPSA) is 68.3 Å². The highest BCUT2D eigenvalue weighted by molar-refractivity contribution is 5.66. The van der Waals surface area contributed by atoms with E-state index in [1.807, 2.05) is 24.5 Å². The predicted molar refractivity (Wildman–Crippen MR) is 188 cm³/mol. The van der Waals surface area contributed by atoms with Crippen LogP contribution in [-0.4, -0.2) is 75.9 Å². The molecule has 2 fully saturated rings. The van der Waals surface area contributed by atoms with E-state index in [9.17, 15) is 0 Å². The van der Waals surface area contributed by atoms with Crippen LogP contribution in [-0.2, 0) is 13.0 Å². The van der Waals surface area contributed by atoms with Crippen LogP contribution < -0.4 is 24.3 Å². The zero-order chi connectivity index (χ0) is 32.8. The van der Waals surface area contributed by atoms with E-state index >= 15 is 0 Å². The molecule has 1 unspecified atom stereocenters. The first-order valence-corrected chi connectivity index (χ1v) is 17.1. The van der Waals surface area contributed by atoms with Crippen molar-refractivity contribution in [3.8, 4) is 34.3 Å². The quantitative estimate of drug-likeness (QED) is 0.217. The molecule has 0 bridgehead atoms. The molecule has 1 aromatic heterocycles. The molecule has 0 radical (unpaired) electrons. The van der Waals surface area contributed by atoms with Crippen LogP contribution in [0, 0.1) is 0 Å². The SMILES string of the molecule is CCCc1c(OC)cc(-c2cc(CN3CCN(CC4=CC(c5cc(OC)c(OC)c(OC)c5)NC=C4)CC3)ccn2)cc1C1CCC1. The lowest BCUT2D eigenvalue weighted by atomic mass is 9.76. The first-order valence-electron chi connectivity index (χ1n) is 17.1. The number of nitrogens with zero attached hydrogens (tertiary/aromatic N) is 3. The zero-order valence-electron chi connectivity index (χ0n) is 28.7. The maximum atomic E-state index is 5.92. The molecule has 6 rings (SSSR count). The second-order valence-electron chi connectivity index (χ2n) is 12.9. The van der Waals surface area contributed by atoms with Gasteiger partial charge in [0.25, 0.3) is 0 Å². The van der Waals surface area contributed by atoms with Crippen LogP contribution in [0.1, 0.15) is 66.8 Å². The highest BCUT2D eigenvalue weighted by Crippen LogP contribution is 2.43. The third-order valence-electron chi connectivity index (χ3n) is 9.91. The Balaban J connectivity index is 1.08. The number of pyridine rings is 1. The van der Waals surface area contributed by atoms with Crippen molar-refractivity contribution in [2.75, 3.05) is 61.2 Å². The molecule has 1 saturated heterocycles. The highest BCUT2D eigenvalue weighted by Gasteiger charge is 2.26. The van der Waals surface area contributed by atoms with Crippen LogP contribution in [0.3, 0.4) is 0 Å². The lowest BCUT2D eigenvalue weighted by molar-refractivity contribution is 0.135. The average Bonchev–Trinajstić information content (AvgIpc) is 3.08. The molecule has 1 aliphatic carbocycles. The van der Waals surface area contributed by atoms with Crippen LogP contribution in [0.15, 0.2) is 66.5 Å². The lowest BCUT2D eigenvalue weighted by Gasteiger charge is -2.35. The van der Waals surface area contributed by atoms with E-state index in [0.29, 0.717) is 23.2 Å². The van der Waals surface area contributed by atoms with Crippen molar-refractivity contribution in [3.05, 3.63) is 88.8 Å². The largest absolute Gasteiger partial charge is 0.496 e. The fourth-order valence-electron chi connectivity index (χ4n) is 7.11. The molecule has 8 heteroatoms. The summed E-state index contributed by atoms with van der Waals surface area (Å²) < 4.78 is 22.6. The van der Waals surface area contributed by atoms with Crippen LogP contribution in [0.4, 0.5) is 0 Å². The summed E-state index contributed by atoms with van der Waals surface area (Å²) in [6, 6.07) is 13.1. The Morgan fingerprint density at radius 1 is 0.830 bits per heavy atom. The molecule has 1 saturated carbocycles. The molecule has 0 amide bonds. The Kier molecular flexibility index (Phi) is 10.7. The molecule has 3 aliphatic rings. The van der Waals surface area contributed by atoms with Gasteiger partial charge >= 0.3 is 0 Å². The van der Waals surface area contributed by atoms with Crippen molar-refractivity contribution in [3.63, 3.8) is 0 Å². The maximum Gasteiger partial charge on any atom is 0.203 e. The van der Waals surface area contributed by atoms with Gasteiger partial charge in [0.05, 0.1) is 40.2 Å². The monoisotopic (exact) mass is 638 g/mol. The molecule has 47 heavy (non-hydrogen) atoms. The van der Waals surface area contributed by atoms with Gasteiger partial charge < -0.3 is 24.3 Å². The van der Waals surface area contributed by atoms with Gasteiger partial charge in [-0.3, -0.25) is 14.8 Å². The molecule has 3 aromatic rings. The minimum atomic E-state index is 0.0264. The number of benzene rings is 2. The number of hydrogen-bond donors (Lipinski definition) is 1. The van der Waals surface area contributed by atoms with E-state index < -0.39 is 0 Å². The summed E-state index contributed by atoms with van der Waals surface area (Å²) in [4.78, 5) is 9.92. The van der Waals surface area contributed by atoms with Crippen LogP contribution in [0.2, 0.25) is 0 Å². The van der Waals surface area contributed by atoms with Gasteiger partial charge in [0.2, 0.25) is 5.75 Å². The number of dihydropyridines is 1. The van der Waals surface area contributed by atoms with Gasteiger partial charge in [-0.2, -0.15) is 0 Å². The third-order valence-corrected chi connectivity index (χ3v) is 9.91. The number of nitrogens with one attached hydrogen (secondary N) is 1. The van der Waals surface area contributed by atoms with Gasteiger partial charge in [-0.15, -0.1) is 0 Å². The molecule has 8 nitrogen and oxygen atoms in total. The number of aromatic nitrogens is 1. The van der Waals surface area contributed by atoms with Gasteiger partial charge in [-0.05, 0) is 102 Å². The highest BCUT2D eigenvalue weighted by atomic mass is 16.5. The van der Waals surface area contributed by atoms with Gasteiger partial charge in [-0.25, -0.2) is 0 Å². The number of piperazine rings is 1. The van der Waals surface area contributed by atoms with Gasteiger partial charge in [-0.1, -0.05) is 25.8 Å². The minimum absolute atomic E-state index is 0.0264. The molecule has 0 spiro atoms. The van der Waals surface area contributed by atoms with Crippen LogP contribution in [0.5, 0.6) is 23.0 Å². The number of ether oxygens (including phenoxy) is 4. The normalized spacial score (nSPS) is 18.7. The molecule has 1 atom stereocenters. The van der Waals surface area contributed by atoms with E-state index in [2.05, 4.69) is 58.5 Å². The Hall–Kier alpha value is -4.01. The second kappa shape index (κ2) is 15.3. The number of methoxy groups -OCH3 is 4. The zero-order valence-corrected chi connectivity index (χ0v) is 28.7. The van der Waals surface area contributed by atoms with Crippen molar-refractivity contribution >= 4 is 0 Å². The van der Waals surface area contributed by atoms with Crippen molar-refractivity contribution in [1.29, 1.82) is 0 Å². The second-order valence-corrected chi connectivity index (χ2v) is 12.9. The van der Waals surface area contributed by atoms with Gasteiger partial charge in [0, 0.05) is 51.0 Å². The molecule has 3 heterocycles. The summed E-state index contributed by atoms with van der Waals surface area (Å²) in [5, 5.41) is 3.47.